The molecule has 2 heterocycles. The summed E-state index contributed by atoms with van der Waals surface area (Å²) in [5.41, 5.74) is -3.92. The molecule has 1 aliphatic rings. The van der Waals surface area contributed by atoms with Gasteiger partial charge in [-0.2, -0.15) is 18.3 Å². The second-order valence-corrected chi connectivity index (χ2v) is 6.64. The summed E-state index contributed by atoms with van der Waals surface area (Å²) in [4.78, 5) is 34.5. The lowest BCUT2D eigenvalue weighted by molar-refractivity contribution is -0.392. The highest BCUT2D eigenvalue weighted by molar-refractivity contribution is 6.01. The molecule has 3 rings (SSSR count). The Morgan fingerprint density at radius 1 is 1.17 bits per heavy atom. The highest BCUT2D eigenvalue weighted by atomic mass is 19.4. The summed E-state index contributed by atoms with van der Waals surface area (Å²) in [6.07, 6.45) is -4.90. The van der Waals surface area contributed by atoms with Gasteiger partial charge in [0, 0.05) is 31.8 Å². The van der Waals surface area contributed by atoms with E-state index in [9.17, 15) is 38.2 Å². The molecule has 0 saturated carbocycles. The number of amides is 1. The van der Waals surface area contributed by atoms with Crippen LogP contribution < -0.4 is 10.2 Å². The number of hydrogen-bond donors (Lipinski definition) is 1. The zero-order valence-corrected chi connectivity index (χ0v) is 15.6. The van der Waals surface area contributed by atoms with E-state index in [1.54, 1.807) is 20.0 Å². The van der Waals surface area contributed by atoms with Gasteiger partial charge in [0.2, 0.25) is 0 Å². The molecule has 0 radical (unpaired) electrons. The van der Waals surface area contributed by atoms with Gasteiger partial charge in [-0.15, -0.1) is 0 Å². The van der Waals surface area contributed by atoms with Crippen molar-refractivity contribution in [1.29, 1.82) is 0 Å². The average molecular weight is 428 g/mol. The standard InChI is InChI=1S/C16H15F3N6O5/c1-8-5-13(22(2)21-8)23-4-3-10(15(23)26)20-14-11(24(27)28)6-9(16(17,18)19)7-12(14)25(29)30/h5-7,10,20H,3-4H2,1-2H3. The summed E-state index contributed by atoms with van der Waals surface area (Å²) < 4.78 is 40.5. The highest BCUT2D eigenvalue weighted by Gasteiger charge is 2.41. The van der Waals surface area contributed by atoms with Crippen LogP contribution in [0.15, 0.2) is 18.2 Å². The minimum absolute atomic E-state index is 0.123. The lowest BCUT2D eigenvalue weighted by Crippen LogP contribution is -2.34. The maximum Gasteiger partial charge on any atom is 0.416 e. The Morgan fingerprint density at radius 2 is 1.73 bits per heavy atom. The number of alkyl halides is 3. The molecule has 0 spiro atoms. The normalized spacial score (nSPS) is 16.8. The first-order valence-electron chi connectivity index (χ1n) is 8.52. The Hall–Kier alpha value is -3.71. The lowest BCUT2D eigenvalue weighted by atomic mass is 10.1. The molecule has 1 aromatic heterocycles. The molecule has 1 aromatic carbocycles. The van der Waals surface area contributed by atoms with Gasteiger partial charge in [-0.3, -0.25) is 34.6 Å². The Labute approximate surface area is 166 Å². The van der Waals surface area contributed by atoms with Gasteiger partial charge in [0.15, 0.2) is 5.69 Å². The van der Waals surface area contributed by atoms with Gasteiger partial charge in [-0.1, -0.05) is 0 Å². The largest absolute Gasteiger partial charge is 0.416 e. The van der Waals surface area contributed by atoms with E-state index in [4.69, 9.17) is 0 Å². The number of nitrogens with one attached hydrogen (secondary N) is 1. The number of nitro benzene ring substituents is 2. The molecule has 1 N–H and O–H groups in total. The zero-order chi connectivity index (χ0) is 22.4. The van der Waals surface area contributed by atoms with Crippen LogP contribution >= 0.6 is 0 Å². The number of halogens is 3. The third-order valence-corrected chi connectivity index (χ3v) is 4.60. The molecule has 1 amide bonds. The fourth-order valence-electron chi connectivity index (χ4n) is 3.28. The number of rotatable bonds is 5. The number of aryl methyl sites for hydroxylation is 2. The van der Waals surface area contributed by atoms with Crippen molar-refractivity contribution in [3.8, 4) is 0 Å². The average Bonchev–Trinajstić information content (AvgIpc) is 3.15. The molecule has 2 aromatic rings. The number of anilines is 2. The number of nitro groups is 2. The molecule has 1 atom stereocenters. The van der Waals surface area contributed by atoms with E-state index < -0.39 is 50.6 Å². The Morgan fingerprint density at radius 3 is 2.17 bits per heavy atom. The van der Waals surface area contributed by atoms with Gasteiger partial charge in [-0.05, 0) is 13.3 Å². The van der Waals surface area contributed by atoms with Crippen LogP contribution in [0, 0.1) is 27.2 Å². The number of carbonyl (C=O) groups excluding carboxylic acids is 1. The van der Waals surface area contributed by atoms with Gasteiger partial charge >= 0.3 is 6.18 Å². The molecule has 0 aliphatic carbocycles. The molecular formula is C16H15F3N6O5. The summed E-state index contributed by atoms with van der Waals surface area (Å²) in [5, 5.41) is 29.2. The molecular weight excluding hydrogens is 413 g/mol. The van der Waals surface area contributed by atoms with E-state index >= 15 is 0 Å². The Balaban J connectivity index is 2.00. The van der Waals surface area contributed by atoms with Crippen molar-refractivity contribution in [2.75, 3.05) is 16.8 Å². The maximum absolute atomic E-state index is 13.0. The summed E-state index contributed by atoms with van der Waals surface area (Å²) in [6.45, 7) is 1.91. The van der Waals surface area contributed by atoms with Gasteiger partial charge in [-0.25, -0.2) is 0 Å². The van der Waals surface area contributed by atoms with Crippen molar-refractivity contribution in [3.63, 3.8) is 0 Å². The Kier molecular flexibility index (Phi) is 5.09. The zero-order valence-electron chi connectivity index (χ0n) is 15.6. The van der Waals surface area contributed by atoms with Crippen molar-refractivity contribution < 1.29 is 27.8 Å². The Bertz CT molecular complexity index is 1020. The van der Waals surface area contributed by atoms with E-state index in [0.717, 1.165) is 0 Å². The molecule has 1 fully saturated rings. The van der Waals surface area contributed by atoms with Crippen LogP contribution in [0.5, 0.6) is 0 Å². The number of hydrogen-bond acceptors (Lipinski definition) is 7. The van der Waals surface area contributed by atoms with Crippen LogP contribution in [-0.4, -0.2) is 38.1 Å². The predicted octanol–water partition coefficient (Wildman–Crippen LogP) is 2.78. The van der Waals surface area contributed by atoms with Crippen LogP contribution in [0.1, 0.15) is 17.7 Å². The molecule has 0 bridgehead atoms. The van der Waals surface area contributed by atoms with Crippen molar-refractivity contribution in [1.82, 2.24) is 9.78 Å². The monoisotopic (exact) mass is 428 g/mol. The highest BCUT2D eigenvalue weighted by Crippen LogP contribution is 2.42. The quantitative estimate of drug-likeness (QED) is 0.571. The fourth-order valence-corrected chi connectivity index (χ4v) is 3.28. The van der Waals surface area contributed by atoms with Crippen molar-refractivity contribution in [3.05, 3.63) is 49.7 Å². The number of benzene rings is 1. The summed E-state index contributed by atoms with van der Waals surface area (Å²) >= 11 is 0. The minimum atomic E-state index is -5.02. The van der Waals surface area contributed by atoms with Gasteiger partial charge in [0.25, 0.3) is 17.3 Å². The molecule has 11 nitrogen and oxygen atoms in total. The number of carbonyl (C=O) groups is 1. The van der Waals surface area contributed by atoms with Gasteiger partial charge in [0.05, 0.1) is 21.1 Å². The van der Waals surface area contributed by atoms with Crippen molar-refractivity contribution in [2.45, 2.75) is 25.6 Å². The number of aromatic nitrogens is 2. The van der Waals surface area contributed by atoms with E-state index in [-0.39, 0.29) is 25.1 Å². The second kappa shape index (κ2) is 7.27. The predicted molar refractivity (Wildman–Crippen MR) is 97.1 cm³/mol. The van der Waals surface area contributed by atoms with Crippen molar-refractivity contribution >= 4 is 28.8 Å². The third-order valence-electron chi connectivity index (χ3n) is 4.60. The van der Waals surface area contributed by atoms with Crippen LogP contribution in [-0.2, 0) is 18.0 Å². The maximum atomic E-state index is 13.0. The molecule has 1 aliphatic heterocycles. The first-order valence-corrected chi connectivity index (χ1v) is 8.52. The fraction of sp³-hybridized carbons (Fsp3) is 0.375. The van der Waals surface area contributed by atoms with Crippen LogP contribution in [0.2, 0.25) is 0 Å². The van der Waals surface area contributed by atoms with Crippen LogP contribution in [0.3, 0.4) is 0 Å². The van der Waals surface area contributed by atoms with E-state index in [2.05, 4.69) is 10.4 Å². The second-order valence-electron chi connectivity index (χ2n) is 6.64. The summed E-state index contributed by atoms with van der Waals surface area (Å²) in [6, 6.07) is 0.950. The van der Waals surface area contributed by atoms with Gasteiger partial charge in [0.1, 0.15) is 11.9 Å². The molecule has 30 heavy (non-hydrogen) atoms. The smallest absolute Gasteiger partial charge is 0.362 e. The molecule has 160 valence electrons. The van der Waals surface area contributed by atoms with Crippen LogP contribution in [0.25, 0.3) is 0 Å². The van der Waals surface area contributed by atoms with E-state index in [1.165, 1.54) is 9.58 Å². The van der Waals surface area contributed by atoms with Gasteiger partial charge < -0.3 is 5.32 Å². The first-order chi connectivity index (χ1) is 13.9. The van der Waals surface area contributed by atoms with Crippen molar-refractivity contribution in [2.24, 2.45) is 7.05 Å². The lowest BCUT2D eigenvalue weighted by Gasteiger charge is -2.18. The molecule has 1 unspecified atom stereocenters. The van der Waals surface area contributed by atoms with E-state index in [1.807, 2.05) is 0 Å². The SMILES string of the molecule is Cc1cc(N2CCC(Nc3c([N+](=O)[O-])cc(C(F)(F)F)cc3[N+](=O)[O-])C2=O)n(C)n1. The topological polar surface area (TPSA) is 136 Å². The molecule has 14 heteroatoms. The minimum Gasteiger partial charge on any atom is -0.362 e. The van der Waals surface area contributed by atoms with Crippen LogP contribution in [0.4, 0.5) is 36.1 Å². The van der Waals surface area contributed by atoms with E-state index in [0.29, 0.717) is 11.5 Å². The summed E-state index contributed by atoms with van der Waals surface area (Å²) in [7, 11) is 1.61. The molecule has 1 saturated heterocycles. The first kappa shape index (κ1) is 21.0. The summed E-state index contributed by atoms with van der Waals surface area (Å²) in [5.74, 6) is -0.0836. The number of nitrogens with zero attached hydrogens (tertiary/aromatic N) is 5. The third kappa shape index (κ3) is 3.75.